The van der Waals surface area contributed by atoms with Crippen molar-refractivity contribution in [1.29, 1.82) is 0 Å². The van der Waals surface area contributed by atoms with Gasteiger partial charge in [0.05, 0.1) is 59.8 Å². The fourth-order valence-corrected chi connectivity index (χ4v) is 2.71. The summed E-state index contributed by atoms with van der Waals surface area (Å²) in [6.07, 6.45) is 13.7. The Bertz CT molecular complexity index is 311. The number of unbranched alkanes of at least 4 members (excludes halogenated alkanes) is 9. The van der Waals surface area contributed by atoms with Crippen LogP contribution in [0.3, 0.4) is 0 Å². The van der Waals surface area contributed by atoms with Crippen molar-refractivity contribution < 1.29 is 28.5 Å². The molecule has 0 saturated heterocycles. The minimum absolute atomic E-state index is 0.260. The highest BCUT2D eigenvalue weighted by atomic mass is 16.6. The molecule has 0 bridgehead atoms. The van der Waals surface area contributed by atoms with E-state index in [1.807, 2.05) is 0 Å². The van der Waals surface area contributed by atoms with Crippen molar-refractivity contribution in [2.45, 2.75) is 77.6 Å². The van der Waals surface area contributed by atoms with Crippen molar-refractivity contribution in [3.63, 3.8) is 0 Å². The third-order valence-corrected chi connectivity index (χ3v) is 4.44. The van der Waals surface area contributed by atoms with Crippen molar-refractivity contribution in [2.24, 2.45) is 0 Å². The largest absolute Gasteiger partial charge is 0.469 e. The van der Waals surface area contributed by atoms with Crippen LogP contribution >= 0.6 is 0 Å². The number of carbonyl (C=O) groups is 1. The van der Waals surface area contributed by atoms with Gasteiger partial charge in [-0.15, -0.1) is 0 Å². The Labute approximate surface area is 172 Å². The lowest BCUT2D eigenvalue weighted by atomic mass is 10.1. The van der Waals surface area contributed by atoms with E-state index in [2.05, 4.69) is 11.7 Å². The van der Waals surface area contributed by atoms with Crippen molar-refractivity contribution >= 4 is 5.97 Å². The number of rotatable bonds is 23. The molecular weight excluding hydrogens is 360 g/mol. The molecule has 0 unspecified atom stereocenters. The summed E-state index contributed by atoms with van der Waals surface area (Å²) in [5.41, 5.74) is 0. The number of methoxy groups -OCH3 is 1. The Morgan fingerprint density at radius 3 is 1.39 bits per heavy atom. The lowest BCUT2D eigenvalue weighted by Gasteiger charge is -2.07. The maximum atomic E-state index is 10.9. The molecule has 0 aromatic rings. The van der Waals surface area contributed by atoms with Gasteiger partial charge in [0.25, 0.3) is 0 Å². The zero-order chi connectivity index (χ0) is 20.5. The molecule has 6 nitrogen and oxygen atoms in total. The zero-order valence-electron chi connectivity index (χ0n) is 18.4. The number of ether oxygens (including phenoxy) is 5. The highest BCUT2D eigenvalue weighted by Gasteiger charge is 1.99. The first kappa shape index (κ1) is 27.3. The van der Waals surface area contributed by atoms with E-state index >= 15 is 0 Å². The Morgan fingerprint density at radius 1 is 0.536 bits per heavy atom. The van der Waals surface area contributed by atoms with E-state index in [9.17, 15) is 4.79 Å². The second-order valence-electron chi connectivity index (χ2n) is 6.96. The number of carbonyl (C=O) groups excluding carboxylic acids is 1. The van der Waals surface area contributed by atoms with Crippen LogP contribution in [0.5, 0.6) is 0 Å². The van der Waals surface area contributed by atoms with Gasteiger partial charge < -0.3 is 23.7 Å². The third-order valence-electron chi connectivity index (χ3n) is 4.44. The summed E-state index contributed by atoms with van der Waals surface area (Å²) in [4.78, 5) is 10.9. The Morgan fingerprint density at radius 2 is 0.929 bits per heavy atom. The van der Waals surface area contributed by atoms with E-state index in [1.54, 1.807) is 0 Å². The van der Waals surface area contributed by atoms with Crippen molar-refractivity contribution in [3.05, 3.63) is 0 Å². The average molecular weight is 405 g/mol. The predicted octanol–water partition coefficient (Wildman–Crippen LogP) is 4.54. The molecule has 0 radical (unpaired) electrons. The molecule has 0 atom stereocenters. The quantitative estimate of drug-likeness (QED) is 0.184. The summed E-state index contributed by atoms with van der Waals surface area (Å²) in [5, 5.41) is 0. The number of hydrogen-bond donors (Lipinski definition) is 0. The average Bonchev–Trinajstić information content (AvgIpc) is 2.71. The summed E-state index contributed by atoms with van der Waals surface area (Å²) in [7, 11) is 1.37. The highest BCUT2D eigenvalue weighted by molar-refractivity contribution is 5.69. The molecule has 0 saturated carbocycles. The maximum absolute atomic E-state index is 10.9. The molecule has 0 aromatic heterocycles. The van der Waals surface area contributed by atoms with Crippen LogP contribution < -0.4 is 0 Å². The van der Waals surface area contributed by atoms with E-state index in [0.717, 1.165) is 13.0 Å². The van der Waals surface area contributed by atoms with Gasteiger partial charge in [-0.05, 0) is 6.42 Å². The van der Waals surface area contributed by atoms with E-state index < -0.39 is 0 Å². The molecule has 0 aliphatic carbocycles. The van der Waals surface area contributed by atoms with Gasteiger partial charge in [0, 0.05) is 6.61 Å². The molecule has 0 aliphatic rings. The summed E-state index contributed by atoms with van der Waals surface area (Å²) in [6.45, 7) is 6.79. The second kappa shape index (κ2) is 24.3. The fourth-order valence-electron chi connectivity index (χ4n) is 2.71. The lowest BCUT2D eigenvalue weighted by molar-refractivity contribution is -0.141. The molecule has 0 N–H and O–H groups in total. The molecule has 0 aliphatic heterocycles. The van der Waals surface area contributed by atoms with Gasteiger partial charge in [-0.2, -0.15) is 0 Å². The van der Waals surface area contributed by atoms with Crippen molar-refractivity contribution in [1.82, 2.24) is 0 Å². The molecule has 0 rings (SSSR count). The molecule has 28 heavy (non-hydrogen) atoms. The van der Waals surface area contributed by atoms with Gasteiger partial charge in [-0.3, -0.25) is 4.79 Å². The van der Waals surface area contributed by atoms with Gasteiger partial charge in [-0.1, -0.05) is 64.7 Å². The van der Waals surface area contributed by atoms with Gasteiger partial charge >= 0.3 is 5.97 Å². The highest BCUT2D eigenvalue weighted by Crippen LogP contribution is 2.10. The minimum Gasteiger partial charge on any atom is -0.469 e. The molecule has 0 aromatic carbocycles. The smallest absolute Gasteiger partial charge is 0.307 e. The third kappa shape index (κ3) is 23.3. The normalized spacial score (nSPS) is 11.1. The first-order chi connectivity index (χ1) is 13.8. The summed E-state index contributed by atoms with van der Waals surface area (Å²) < 4.78 is 26.2. The van der Waals surface area contributed by atoms with Crippen LogP contribution in [0.2, 0.25) is 0 Å². The monoisotopic (exact) mass is 404 g/mol. The van der Waals surface area contributed by atoms with Gasteiger partial charge in [0.1, 0.15) is 0 Å². The van der Waals surface area contributed by atoms with Crippen LogP contribution in [0.4, 0.5) is 0 Å². The SMILES string of the molecule is CCCCCCCCCCCCOCCOCCOCCOCCC(=O)OC. The maximum Gasteiger partial charge on any atom is 0.307 e. The van der Waals surface area contributed by atoms with E-state index in [0.29, 0.717) is 46.2 Å². The molecule has 6 heteroatoms. The van der Waals surface area contributed by atoms with Gasteiger partial charge in [-0.25, -0.2) is 0 Å². The lowest BCUT2D eigenvalue weighted by Crippen LogP contribution is -2.13. The van der Waals surface area contributed by atoms with Gasteiger partial charge in [0.15, 0.2) is 0 Å². The Balaban J connectivity index is 3.00. The number of hydrogen-bond acceptors (Lipinski definition) is 6. The van der Waals surface area contributed by atoms with Crippen LogP contribution in [0.15, 0.2) is 0 Å². The molecule has 168 valence electrons. The molecule has 0 amide bonds. The summed E-state index contributed by atoms with van der Waals surface area (Å²) in [5.74, 6) is -0.260. The van der Waals surface area contributed by atoms with Crippen LogP contribution in [-0.2, 0) is 28.5 Å². The standard InChI is InChI=1S/C22H44O6/c1-3-4-5-6-7-8-9-10-11-12-14-25-16-18-27-20-21-28-19-17-26-15-13-22(23)24-2/h3-21H2,1-2H3. The number of esters is 1. The Hall–Kier alpha value is -0.690. The molecular formula is C22H44O6. The van der Waals surface area contributed by atoms with Crippen LogP contribution in [0.1, 0.15) is 77.6 Å². The van der Waals surface area contributed by atoms with Crippen LogP contribution in [-0.4, -0.2) is 65.9 Å². The fraction of sp³-hybridized carbons (Fsp3) is 0.955. The zero-order valence-corrected chi connectivity index (χ0v) is 18.4. The van der Waals surface area contributed by atoms with Crippen molar-refractivity contribution in [3.8, 4) is 0 Å². The van der Waals surface area contributed by atoms with Crippen LogP contribution in [0, 0.1) is 0 Å². The first-order valence-electron chi connectivity index (χ1n) is 11.2. The van der Waals surface area contributed by atoms with Gasteiger partial charge in [0.2, 0.25) is 0 Å². The van der Waals surface area contributed by atoms with E-state index in [4.69, 9.17) is 18.9 Å². The predicted molar refractivity (Wildman–Crippen MR) is 112 cm³/mol. The van der Waals surface area contributed by atoms with E-state index in [-0.39, 0.29) is 12.4 Å². The van der Waals surface area contributed by atoms with Crippen LogP contribution in [0.25, 0.3) is 0 Å². The second-order valence-corrected chi connectivity index (χ2v) is 6.96. The Kier molecular flexibility index (Phi) is 23.7. The van der Waals surface area contributed by atoms with Crippen molar-refractivity contribution in [2.75, 3.05) is 60.0 Å². The molecule has 0 spiro atoms. The summed E-state index contributed by atoms with van der Waals surface area (Å²) >= 11 is 0. The van der Waals surface area contributed by atoms with E-state index in [1.165, 1.54) is 64.9 Å². The molecule has 0 heterocycles. The minimum atomic E-state index is -0.260. The molecule has 0 fully saturated rings. The first-order valence-corrected chi connectivity index (χ1v) is 11.2. The summed E-state index contributed by atoms with van der Waals surface area (Å²) in [6, 6.07) is 0. The topological polar surface area (TPSA) is 63.2 Å².